The van der Waals surface area contributed by atoms with Crippen molar-refractivity contribution in [2.75, 3.05) is 14.2 Å². The maximum atomic E-state index is 6.05. The second kappa shape index (κ2) is 10.1. The lowest BCUT2D eigenvalue weighted by molar-refractivity contribution is -0.389. The SMILES string of the molecule is CCCC(C)(C)OOC(C)(C)C#CC(OC)(c1ccccc1)c1ccc(OC)cc1. The molecule has 0 aliphatic rings. The van der Waals surface area contributed by atoms with Crippen molar-refractivity contribution in [3.05, 3.63) is 65.7 Å². The Morgan fingerprint density at radius 3 is 1.90 bits per heavy atom. The fraction of sp³-hybridized carbons (Fsp3) is 0.462. The summed E-state index contributed by atoms with van der Waals surface area (Å²) in [5.41, 5.74) is -0.300. The van der Waals surface area contributed by atoms with Gasteiger partial charge < -0.3 is 9.47 Å². The molecule has 0 aliphatic carbocycles. The fourth-order valence-electron chi connectivity index (χ4n) is 3.22. The standard InChI is InChI=1S/C26H34O4/c1-8-18-24(2,3)29-30-25(4,5)19-20-26(28-7,21-12-10-9-11-13-21)22-14-16-23(27-6)17-15-22/h9-17H,8,18H2,1-7H3. The van der Waals surface area contributed by atoms with Crippen molar-refractivity contribution in [3.63, 3.8) is 0 Å². The Balaban J connectivity index is 2.43. The van der Waals surface area contributed by atoms with Crippen LogP contribution in [0.5, 0.6) is 5.75 Å². The molecule has 0 radical (unpaired) electrons. The molecular weight excluding hydrogens is 376 g/mol. The molecule has 30 heavy (non-hydrogen) atoms. The van der Waals surface area contributed by atoms with Crippen LogP contribution in [0.2, 0.25) is 0 Å². The van der Waals surface area contributed by atoms with Crippen LogP contribution >= 0.6 is 0 Å². The number of hydrogen-bond donors (Lipinski definition) is 0. The molecule has 4 heteroatoms. The van der Waals surface area contributed by atoms with Crippen molar-refractivity contribution in [2.45, 2.75) is 64.3 Å². The van der Waals surface area contributed by atoms with Gasteiger partial charge >= 0.3 is 0 Å². The lowest BCUT2D eigenvalue weighted by Crippen LogP contribution is -2.33. The number of rotatable bonds is 9. The summed E-state index contributed by atoms with van der Waals surface area (Å²) in [4.78, 5) is 11.5. The monoisotopic (exact) mass is 410 g/mol. The first kappa shape index (κ1) is 24.0. The van der Waals surface area contributed by atoms with Crippen LogP contribution in [-0.4, -0.2) is 25.4 Å². The van der Waals surface area contributed by atoms with Gasteiger partial charge in [0.15, 0.2) is 11.2 Å². The van der Waals surface area contributed by atoms with Gasteiger partial charge in [0.1, 0.15) is 5.75 Å². The normalized spacial score (nSPS) is 13.8. The Hall–Kier alpha value is -2.32. The van der Waals surface area contributed by atoms with Crippen LogP contribution in [0.25, 0.3) is 0 Å². The average Bonchev–Trinajstić information content (AvgIpc) is 2.74. The third kappa shape index (κ3) is 6.09. The molecule has 0 saturated heterocycles. The Labute approximate surface area is 181 Å². The van der Waals surface area contributed by atoms with E-state index < -0.39 is 11.2 Å². The van der Waals surface area contributed by atoms with Crippen LogP contribution < -0.4 is 4.74 Å². The summed E-state index contributed by atoms with van der Waals surface area (Å²) < 4.78 is 11.4. The van der Waals surface area contributed by atoms with Crippen molar-refractivity contribution in [2.24, 2.45) is 0 Å². The Kier molecular flexibility index (Phi) is 8.09. The van der Waals surface area contributed by atoms with Crippen LogP contribution in [0.1, 0.15) is 58.6 Å². The van der Waals surface area contributed by atoms with Crippen LogP contribution in [0.4, 0.5) is 0 Å². The van der Waals surface area contributed by atoms with Gasteiger partial charge in [0.2, 0.25) is 0 Å². The van der Waals surface area contributed by atoms with Gasteiger partial charge in [-0.05, 0) is 46.2 Å². The lowest BCUT2D eigenvalue weighted by Gasteiger charge is -2.30. The summed E-state index contributed by atoms with van der Waals surface area (Å²) in [6.45, 7) is 9.93. The van der Waals surface area contributed by atoms with Gasteiger partial charge in [0, 0.05) is 18.2 Å². The average molecular weight is 411 g/mol. The third-order valence-electron chi connectivity index (χ3n) is 4.85. The Bertz CT molecular complexity index is 844. The molecule has 0 fully saturated rings. The van der Waals surface area contributed by atoms with E-state index in [9.17, 15) is 0 Å². The van der Waals surface area contributed by atoms with Crippen LogP contribution in [0.3, 0.4) is 0 Å². The van der Waals surface area contributed by atoms with E-state index in [4.69, 9.17) is 19.2 Å². The van der Waals surface area contributed by atoms with Crippen molar-refractivity contribution in [3.8, 4) is 17.6 Å². The van der Waals surface area contributed by atoms with E-state index in [2.05, 4.69) is 18.8 Å². The maximum absolute atomic E-state index is 6.05. The molecule has 0 aliphatic heterocycles. The molecule has 0 saturated carbocycles. The number of methoxy groups -OCH3 is 2. The second-order valence-electron chi connectivity index (χ2n) is 8.42. The summed E-state index contributed by atoms with van der Waals surface area (Å²) in [7, 11) is 3.32. The quantitative estimate of drug-likeness (QED) is 0.293. The van der Waals surface area contributed by atoms with E-state index in [0.717, 1.165) is 29.7 Å². The van der Waals surface area contributed by atoms with Gasteiger partial charge in [-0.25, -0.2) is 9.78 Å². The fourth-order valence-corrected chi connectivity index (χ4v) is 3.22. The molecule has 0 N–H and O–H groups in total. The number of ether oxygens (including phenoxy) is 2. The molecule has 4 nitrogen and oxygen atoms in total. The van der Waals surface area contributed by atoms with Gasteiger partial charge in [-0.3, -0.25) is 0 Å². The van der Waals surface area contributed by atoms with E-state index in [1.807, 2.05) is 82.3 Å². The van der Waals surface area contributed by atoms with Crippen molar-refractivity contribution < 1.29 is 19.2 Å². The van der Waals surface area contributed by atoms with Crippen molar-refractivity contribution >= 4 is 0 Å². The minimum absolute atomic E-state index is 0.374. The van der Waals surface area contributed by atoms with Gasteiger partial charge in [0.05, 0.1) is 12.7 Å². The molecule has 1 atom stereocenters. The zero-order valence-electron chi connectivity index (χ0n) is 19.2. The second-order valence-corrected chi connectivity index (χ2v) is 8.42. The molecule has 0 heterocycles. The molecule has 0 amide bonds. The first-order valence-corrected chi connectivity index (χ1v) is 10.3. The van der Waals surface area contributed by atoms with E-state index in [-0.39, 0.29) is 5.60 Å². The summed E-state index contributed by atoms with van der Waals surface area (Å²) in [6, 6.07) is 17.7. The first-order valence-electron chi connectivity index (χ1n) is 10.3. The number of benzene rings is 2. The highest BCUT2D eigenvalue weighted by atomic mass is 17.2. The molecule has 2 aromatic carbocycles. The molecule has 1 unspecified atom stereocenters. The predicted molar refractivity (Wildman–Crippen MR) is 120 cm³/mol. The number of hydrogen-bond acceptors (Lipinski definition) is 4. The van der Waals surface area contributed by atoms with Crippen molar-refractivity contribution in [1.82, 2.24) is 0 Å². The smallest absolute Gasteiger partial charge is 0.179 e. The van der Waals surface area contributed by atoms with Gasteiger partial charge in [-0.15, -0.1) is 0 Å². The van der Waals surface area contributed by atoms with Crippen LogP contribution in [0, 0.1) is 11.8 Å². The maximum Gasteiger partial charge on any atom is 0.179 e. The minimum atomic E-state index is -0.951. The van der Waals surface area contributed by atoms with E-state index in [1.54, 1.807) is 14.2 Å². The molecule has 0 bridgehead atoms. The highest BCUT2D eigenvalue weighted by Gasteiger charge is 2.34. The van der Waals surface area contributed by atoms with Gasteiger partial charge in [0.25, 0.3) is 0 Å². The highest BCUT2D eigenvalue weighted by Crippen LogP contribution is 2.34. The Morgan fingerprint density at radius 2 is 1.37 bits per heavy atom. The predicted octanol–water partition coefficient (Wildman–Crippen LogP) is 5.89. The van der Waals surface area contributed by atoms with Crippen LogP contribution in [0.15, 0.2) is 54.6 Å². The lowest BCUT2D eigenvalue weighted by atomic mass is 9.86. The third-order valence-corrected chi connectivity index (χ3v) is 4.85. The van der Waals surface area contributed by atoms with Gasteiger partial charge in [-0.2, -0.15) is 0 Å². The summed E-state index contributed by atoms with van der Waals surface area (Å²) in [5, 5.41) is 0. The zero-order valence-corrected chi connectivity index (χ0v) is 19.2. The van der Waals surface area contributed by atoms with E-state index in [0.29, 0.717) is 0 Å². The molecule has 162 valence electrons. The highest BCUT2D eigenvalue weighted by molar-refractivity contribution is 5.47. The molecular formula is C26H34O4. The minimum Gasteiger partial charge on any atom is -0.497 e. The van der Waals surface area contributed by atoms with E-state index in [1.165, 1.54) is 0 Å². The van der Waals surface area contributed by atoms with Crippen LogP contribution in [-0.2, 0) is 20.1 Å². The summed E-state index contributed by atoms with van der Waals surface area (Å²) in [6.07, 6.45) is 1.91. The molecule has 0 spiro atoms. The van der Waals surface area contributed by atoms with Gasteiger partial charge in [-0.1, -0.05) is 67.6 Å². The van der Waals surface area contributed by atoms with Crippen molar-refractivity contribution in [1.29, 1.82) is 0 Å². The zero-order chi connectivity index (χ0) is 22.3. The molecule has 0 aromatic heterocycles. The topological polar surface area (TPSA) is 36.9 Å². The van der Waals surface area contributed by atoms with E-state index >= 15 is 0 Å². The Morgan fingerprint density at radius 1 is 0.767 bits per heavy atom. The summed E-state index contributed by atoms with van der Waals surface area (Å²) in [5.74, 6) is 7.36. The molecule has 2 rings (SSSR count). The summed E-state index contributed by atoms with van der Waals surface area (Å²) >= 11 is 0. The first-order chi connectivity index (χ1) is 14.2. The molecule has 2 aromatic rings. The largest absolute Gasteiger partial charge is 0.497 e.